The van der Waals surface area contributed by atoms with Gasteiger partial charge in [-0.3, -0.25) is 0 Å². The van der Waals surface area contributed by atoms with Gasteiger partial charge in [0.1, 0.15) is 0 Å². The maximum Gasteiger partial charge on any atom is 0.0569 e. The zero-order valence-electron chi connectivity index (χ0n) is 42.2. The van der Waals surface area contributed by atoms with Crippen LogP contribution in [0.25, 0.3) is 0 Å². The molecule has 332 valence electrons. The van der Waals surface area contributed by atoms with Gasteiger partial charge < -0.3 is 14.7 Å². The first-order chi connectivity index (χ1) is 29.5. The molecule has 3 aliphatic heterocycles. The van der Waals surface area contributed by atoms with Crippen molar-refractivity contribution in [2.75, 3.05) is 14.7 Å². The molecule has 0 N–H and O–H groups in total. The number of hydrogen-bond donors (Lipinski definition) is 0. The molecule has 6 aromatic carbocycles. The molecule has 0 saturated carbocycles. The van der Waals surface area contributed by atoms with Crippen LogP contribution < -0.4 is 30.6 Å². The van der Waals surface area contributed by atoms with E-state index in [2.05, 4.69) is 249 Å². The molecule has 9 rings (SSSR count). The molecule has 4 heteroatoms. The van der Waals surface area contributed by atoms with Crippen LogP contribution in [-0.4, -0.2) is 0 Å². The maximum atomic E-state index is 2.65. The Hall–Kier alpha value is -4.85. The summed E-state index contributed by atoms with van der Waals surface area (Å²) >= 11 is 0. The highest BCUT2D eigenvalue weighted by molar-refractivity contribution is 7.82. The van der Waals surface area contributed by atoms with E-state index in [1.54, 1.807) is 0 Å². The normalized spacial score (nSPS) is 15.2. The van der Waals surface area contributed by atoms with E-state index in [9.17, 15) is 0 Å². The summed E-state index contributed by atoms with van der Waals surface area (Å²) in [5, 5.41) is 4.33. The second kappa shape index (κ2) is 14.3. The Morgan fingerprint density at radius 1 is 0.250 bits per heavy atom. The lowest BCUT2D eigenvalue weighted by Gasteiger charge is -2.51. The third kappa shape index (κ3) is 7.30. The Bertz CT molecular complexity index is 2420. The Morgan fingerprint density at radius 2 is 0.422 bits per heavy atom. The van der Waals surface area contributed by atoms with Gasteiger partial charge in [0.15, 0.2) is 0 Å². The summed E-state index contributed by atoms with van der Waals surface area (Å²) in [5.41, 5.74) is 19.3. The minimum absolute atomic E-state index is 0.0451. The summed E-state index contributed by atoms with van der Waals surface area (Å²) in [6.07, 6.45) is 0. The average Bonchev–Trinajstić information content (AvgIpc) is 3.18. The lowest BCUT2D eigenvalue weighted by atomic mass is 9.84. The van der Waals surface area contributed by atoms with Gasteiger partial charge in [0, 0.05) is 40.9 Å². The van der Waals surface area contributed by atoms with Crippen LogP contribution in [0.4, 0.5) is 51.2 Å². The molecule has 0 bridgehead atoms. The molecule has 6 aromatic rings. The van der Waals surface area contributed by atoms with E-state index < -0.39 is 7.92 Å². The number of rotatable bonds is 3. The number of benzene rings is 6. The quantitative estimate of drug-likeness (QED) is 0.164. The molecule has 0 atom stereocenters. The predicted molar refractivity (Wildman–Crippen MR) is 282 cm³/mol. The molecule has 3 aliphatic rings. The molecule has 0 spiro atoms. The van der Waals surface area contributed by atoms with Gasteiger partial charge in [-0.2, -0.15) is 0 Å². The zero-order valence-corrected chi connectivity index (χ0v) is 43.1. The molecule has 0 unspecified atom stereocenters. The summed E-state index contributed by atoms with van der Waals surface area (Å²) in [5.74, 6) is 0. The fourth-order valence-corrected chi connectivity index (χ4v) is 12.7. The van der Waals surface area contributed by atoms with Crippen molar-refractivity contribution in [1.82, 2.24) is 0 Å². The summed E-state index contributed by atoms with van der Waals surface area (Å²) in [7, 11) is -0.999. The first-order valence-corrected chi connectivity index (χ1v) is 25.0. The molecule has 0 fully saturated rings. The van der Waals surface area contributed by atoms with E-state index >= 15 is 0 Å². The smallest absolute Gasteiger partial charge is 0.0569 e. The predicted octanol–water partition coefficient (Wildman–Crippen LogP) is 16.6. The van der Waals surface area contributed by atoms with Gasteiger partial charge in [-0.1, -0.05) is 161 Å². The van der Waals surface area contributed by atoms with Crippen molar-refractivity contribution in [2.45, 2.75) is 157 Å². The summed E-state index contributed by atoms with van der Waals surface area (Å²) in [6.45, 7) is 42.2. The van der Waals surface area contributed by atoms with E-state index in [0.717, 1.165) is 0 Å². The maximum absolute atomic E-state index is 2.65. The Balaban J connectivity index is 1.47. The lowest BCUT2D eigenvalue weighted by molar-refractivity contribution is 0.589. The third-order valence-electron chi connectivity index (χ3n) is 13.9. The minimum Gasteiger partial charge on any atom is -0.309 e. The van der Waals surface area contributed by atoms with E-state index in [4.69, 9.17) is 0 Å². The molecule has 3 nitrogen and oxygen atoms in total. The summed E-state index contributed by atoms with van der Waals surface area (Å²) < 4.78 is 0. The number of hydrogen-bond acceptors (Lipinski definition) is 3. The SMILES string of the molecule is CC(C)(C)c1ccc(N2c3cc(C(C)(C)C)cc4c3P3c5c2cc(C(C)(C)C)cc5N(c2ccc(C(C)(C)C)cc2)c2cc(C(C)(C)C)cc(c23)N4c2ccc(C(C)(C)C)cc2)cc1. The van der Waals surface area contributed by atoms with Crippen molar-refractivity contribution in [1.29, 1.82) is 0 Å². The largest absolute Gasteiger partial charge is 0.309 e. The molecule has 0 amide bonds. The molecule has 0 aliphatic carbocycles. The van der Waals surface area contributed by atoms with Gasteiger partial charge in [0.2, 0.25) is 0 Å². The van der Waals surface area contributed by atoms with Crippen molar-refractivity contribution in [3.63, 3.8) is 0 Å². The Morgan fingerprint density at radius 3 is 0.578 bits per heavy atom. The van der Waals surface area contributed by atoms with Gasteiger partial charge in [-0.25, -0.2) is 0 Å². The monoisotopic (exact) mass is 866 g/mol. The Labute approximate surface area is 387 Å². The van der Waals surface area contributed by atoms with Crippen molar-refractivity contribution < 1.29 is 0 Å². The first kappa shape index (κ1) is 44.4. The molecule has 3 heterocycles. The second-order valence-electron chi connectivity index (χ2n) is 25.1. The van der Waals surface area contributed by atoms with Gasteiger partial charge in [-0.05, 0) is 139 Å². The van der Waals surface area contributed by atoms with Crippen molar-refractivity contribution >= 4 is 75.0 Å². The highest BCUT2D eigenvalue weighted by Gasteiger charge is 2.49. The fourth-order valence-electron chi connectivity index (χ4n) is 9.71. The molecule has 64 heavy (non-hydrogen) atoms. The van der Waals surface area contributed by atoms with Crippen molar-refractivity contribution in [2.24, 2.45) is 0 Å². The van der Waals surface area contributed by atoms with Crippen LogP contribution in [0.15, 0.2) is 109 Å². The van der Waals surface area contributed by atoms with E-state index in [-0.39, 0.29) is 32.5 Å². The topological polar surface area (TPSA) is 9.72 Å². The van der Waals surface area contributed by atoms with E-state index in [1.165, 1.54) is 100 Å². The van der Waals surface area contributed by atoms with Crippen LogP contribution in [0.5, 0.6) is 0 Å². The van der Waals surface area contributed by atoms with Crippen molar-refractivity contribution in [3.8, 4) is 0 Å². The molecule has 0 radical (unpaired) electrons. The molecule has 0 aromatic heterocycles. The first-order valence-electron chi connectivity index (χ1n) is 23.6. The van der Waals surface area contributed by atoms with Crippen LogP contribution in [-0.2, 0) is 32.5 Å². The van der Waals surface area contributed by atoms with Crippen LogP contribution in [0, 0.1) is 0 Å². The average molecular weight is 866 g/mol. The standard InChI is InChI=1S/C60H72N3P/c1-55(2,3)37-19-25-43(26-20-37)61-46-31-40(58(10,11)12)33-48-52(46)64-53-47(61)32-41(59(13,14)15)34-49(53)63(45-29-23-39(24-30-45)57(7,8)9)51-36-42(60(16,17)18)35-50(54(51)64)62(48)44-27-21-38(22-28-44)56(4,5)6/h19-36H,1-18H3. The van der Waals surface area contributed by atoms with Crippen LogP contribution in [0.1, 0.15) is 158 Å². The minimum atomic E-state index is -0.999. The second-order valence-corrected chi connectivity index (χ2v) is 27.1. The van der Waals surface area contributed by atoms with E-state index in [1.807, 2.05) is 0 Å². The fraction of sp³-hybridized carbons (Fsp3) is 0.400. The number of nitrogens with zero attached hydrogens (tertiary/aromatic N) is 3. The van der Waals surface area contributed by atoms with E-state index in [0.29, 0.717) is 0 Å². The number of anilines is 9. The van der Waals surface area contributed by atoms with Gasteiger partial charge in [-0.15, -0.1) is 0 Å². The van der Waals surface area contributed by atoms with Gasteiger partial charge in [0.05, 0.1) is 34.1 Å². The van der Waals surface area contributed by atoms with Crippen molar-refractivity contribution in [3.05, 3.63) is 143 Å². The Kier molecular flexibility index (Phi) is 9.93. The summed E-state index contributed by atoms with van der Waals surface area (Å²) in [6, 6.07) is 43.8. The highest BCUT2D eigenvalue weighted by Crippen LogP contribution is 2.64. The molecular weight excluding hydrogens is 794 g/mol. The van der Waals surface area contributed by atoms with Crippen LogP contribution in [0.2, 0.25) is 0 Å². The highest BCUT2D eigenvalue weighted by atomic mass is 31.1. The van der Waals surface area contributed by atoms with Crippen LogP contribution in [0.3, 0.4) is 0 Å². The van der Waals surface area contributed by atoms with Crippen LogP contribution >= 0.6 is 7.92 Å². The summed E-state index contributed by atoms with van der Waals surface area (Å²) in [4.78, 5) is 7.94. The lowest BCUT2D eigenvalue weighted by Crippen LogP contribution is -2.46. The van der Waals surface area contributed by atoms with Gasteiger partial charge in [0.25, 0.3) is 0 Å². The zero-order chi connectivity index (χ0) is 46.4. The molecule has 0 saturated heterocycles. The molecular formula is C60H72N3P. The van der Waals surface area contributed by atoms with Gasteiger partial charge >= 0.3 is 0 Å². The third-order valence-corrected chi connectivity index (χ3v) is 16.6.